The van der Waals surface area contributed by atoms with Crippen molar-refractivity contribution in [3.8, 4) is 11.5 Å². The molecule has 0 aliphatic carbocycles. The maximum atomic E-state index is 9.86. The van der Waals surface area contributed by atoms with E-state index in [4.69, 9.17) is 4.74 Å². The second-order valence-corrected chi connectivity index (χ2v) is 4.03. The number of aromatic hydroxyl groups is 1. The molecule has 15 heavy (non-hydrogen) atoms. The zero-order valence-corrected chi connectivity index (χ0v) is 10.3. The van der Waals surface area contributed by atoms with Crippen molar-refractivity contribution < 1.29 is 9.84 Å². The van der Waals surface area contributed by atoms with Gasteiger partial charge in [0.15, 0.2) is 0 Å². The Hall–Kier alpha value is -1.18. The number of ether oxygens (including phenoxy) is 1. The van der Waals surface area contributed by atoms with Crippen LogP contribution in [-0.2, 0) is 0 Å². The minimum absolute atomic E-state index is 0.397. The molecule has 0 aliphatic heterocycles. The van der Waals surface area contributed by atoms with Crippen molar-refractivity contribution in [1.29, 1.82) is 0 Å². The van der Waals surface area contributed by atoms with Gasteiger partial charge in [0.2, 0.25) is 0 Å². The van der Waals surface area contributed by atoms with Crippen molar-refractivity contribution in [3.05, 3.63) is 22.3 Å². The molecule has 0 bridgehead atoms. The van der Waals surface area contributed by atoms with Crippen LogP contribution in [0.5, 0.6) is 11.5 Å². The standard InChI is InChI=1S/C13H20O2/c1-6-7-15-13-10(4)8(2)12(14)9(3)11(13)5/h14H,6-7H2,1-5H3. The summed E-state index contributed by atoms with van der Waals surface area (Å²) in [6.45, 7) is 10.7. The van der Waals surface area contributed by atoms with Crippen LogP contribution in [0.4, 0.5) is 0 Å². The number of hydrogen-bond acceptors (Lipinski definition) is 2. The molecule has 0 unspecified atom stereocenters. The molecule has 0 saturated carbocycles. The molecule has 1 N–H and O–H groups in total. The van der Waals surface area contributed by atoms with Crippen molar-refractivity contribution in [2.45, 2.75) is 41.0 Å². The lowest BCUT2D eigenvalue weighted by Gasteiger charge is -2.17. The van der Waals surface area contributed by atoms with Gasteiger partial charge in [-0.25, -0.2) is 0 Å². The van der Waals surface area contributed by atoms with Gasteiger partial charge in [0.05, 0.1) is 6.61 Å². The molecule has 0 heterocycles. The molecule has 0 aliphatic rings. The predicted molar refractivity (Wildman–Crippen MR) is 62.8 cm³/mol. The fourth-order valence-corrected chi connectivity index (χ4v) is 1.68. The van der Waals surface area contributed by atoms with Gasteiger partial charge in [-0.1, -0.05) is 6.92 Å². The molecule has 0 spiro atoms. The van der Waals surface area contributed by atoms with Crippen LogP contribution in [0.3, 0.4) is 0 Å². The van der Waals surface area contributed by atoms with Gasteiger partial charge in [-0.05, 0) is 56.4 Å². The van der Waals surface area contributed by atoms with Crippen molar-refractivity contribution in [2.24, 2.45) is 0 Å². The van der Waals surface area contributed by atoms with E-state index >= 15 is 0 Å². The van der Waals surface area contributed by atoms with Crippen LogP contribution in [0.25, 0.3) is 0 Å². The number of phenolic OH excluding ortho intramolecular Hbond substituents is 1. The van der Waals surface area contributed by atoms with Gasteiger partial charge in [0, 0.05) is 0 Å². The molecule has 1 aromatic carbocycles. The first-order valence-electron chi connectivity index (χ1n) is 5.42. The van der Waals surface area contributed by atoms with Gasteiger partial charge in [0.1, 0.15) is 11.5 Å². The summed E-state index contributed by atoms with van der Waals surface area (Å²) in [6, 6.07) is 0. The maximum Gasteiger partial charge on any atom is 0.125 e. The molecule has 0 saturated heterocycles. The Morgan fingerprint density at radius 1 is 0.933 bits per heavy atom. The van der Waals surface area contributed by atoms with E-state index in [9.17, 15) is 5.11 Å². The number of hydrogen-bond donors (Lipinski definition) is 1. The Kier molecular flexibility index (Phi) is 3.61. The summed E-state index contributed by atoms with van der Waals surface area (Å²) in [5, 5.41) is 9.86. The summed E-state index contributed by atoms with van der Waals surface area (Å²) in [5.41, 5.74) is 3.93. The molecule has 0 fully saturated rings. The van der Waals surface area contributed by atoms with Gasteiger partial charge in [-0.15, -0.1) is 0 Å². The van der Waals surface area contributed by atoms with E-state index in [1.807, 2.05) is 27.7 Å². The SMILES string of the molecule is CCCOc1c(C)c(C)c(O)c(C)c1C. The van der Waals surface area contributed by atoms with E-state index in [0.717, 1.165) is 41.0 Å². The highest BCUT2D eigenvalue weighted by atomic mass is 16.5. The van der Waals surface area contributed by atoms with Gasteiger partial charge in [-0.3, -0.25) is 0 Å². The Bertz CT molecular complexity index is 338. The van der Waals surface area contributed by atoms with Gasteiger partial charge in [0.25, 0.3) is 0 Å². The van der Waals surface area contributed by atoms with E-state index in [1.165, 1.54) is 0 Å². The molecule has 2 nitrogen and oxygen atoms in total. The first-order valence-corrected chi connectivity index (χ1v) is 5.42. The van der Waals surface area contributed by atoms with E-state index < -0.39 is 0 Å². The lowest BCUT2D eigenvalue weighted by Crippen LogP contribution is -2.02. The minimum Gasteiger partial charge on any atom is -0.507 e. The van der Waals surface area contributed by atoms with Crippen LogP contribution in [-0.4, -0.2) is 11.7 Å². The van der Waals surface area contributed by atoms with Crippen molar-refractivity contribution in [1.82, 2.24) is 0 Å². The molecular weight excluding hydrogens is 188 g/mol. The normalized spacial score (nSPS) is 10.5. The Balaban J connectivity index is 3.26. The molecule has 0 aromatic heterocycles. The van der Waals surface area contributed by atoms with E-state index in [-0.39, 0.29) is 0 Å². The van der Waals surface area contributed by atoms with Crippen LogP contribution in [0.2, 0.25) is 0 Å². The maximum absolute atomic E-state index is 9.86. The predicted octanol–water partition coefficient (Wildman–Crippen LogP) is 3.41. The smallest absolute Gasteiger partial charge is 0.125 e. The van der Waals surface area contributed by atoms with Crippen LogP contribution < -0.4 is 4.74 Å². The summed E-state index contributed by atoms with van der Waals surface area (Å²) in [7, 11) is 0. The van der Waals surface area contributed by atoms with Crippen LogP contribution >= 0.6 is 0 Å². The van der Waals surface area contributed by atoms with Crippen LogP contribution in [0.1, 0.15) is 35.6 Å². The third-order valence-corrected chi connectivity index (χ3v) is 2.97. The summed E-state index contributed by atoms with van der Waals surface area (Å²) >= 11 is 0. The van der Waals surface area contributed by atoms with Crippen molar-refractivity contribution in [2.75, 3.05) is 6.61 Å². The number of benzene rings is 1. The number of rotatable bonds is 3. The fourth-order valence-electron chi connectivity index (χ4n) is 1.68. The molecule has 0 amide bonds. The van der Waals surface area contributed by atoms with Gasteiger partial charge >= 0.3 is 0 Å². The highest BCUT2D eigenvalue weighted by Crippen LogP contribution is 2.36. The van der Waals surface area contributed by atoms with Crippen LogP contribution in [0, 0.1) is 27.7 Å². The average Bonchev–Trinajstić information content (AvgIpc) is 2.24. The van der Waals surface area contributed by atoms with E-state index in [2.05, 4.69) is 6.92 Å². The van der Waals surface area contributed by atoms with Gasteiger partial charge < -0.3 is 9.84 Å². The van der Waals surface area contributed by atoms with Crippen LogP contribution in [0.15, 0.2) is 0 Å². The molecule has 0 radical (unpaired) electrons. The zero-order chi connectivity index (χ0) is 11.6. The third-order valence-electron chi connectivity index (χ3n) is 2.97. The monoisotopic (exact) mass is 208 g/mol. The zero-order valence-electron chi connectivity index (χ0n) is 10.3. The Morgan fingerprint density at radius 3 is 1.80 bits per heavy atom. The largest absolute Gasteiger partial charge is 0.507 e. The second kappa shape index (κ2) is 4.56. The van der Waals surface area contributed by atoms with E-state index in [0.29, 0.717) is 5.75 Å². The van der Waals surface area contributed by atoms with Gasteiger partial charge in [-0.2, -0.15) is 0 Å². The Labute approximate surface area is 91.9 Å². The second-order valence-electron chi connectivity index (χ2n) is 4.03. The average molecular weight is 208 g/mol. The third kappa shape index (κ3) is 2.09. The van der Waals surface area contributed by atoms with Crippen molar-refractivity contribution in [3.63, 3.8) is 0 Å². The summed E-state index contributed by atoms with van der Waals surface area (Å²) in [4.78, 5) is 0. The molecule has 1 aromatic rings. The molecular formula is C13H20O2. The highest BCUT2D eigenvalue weighted by Gasteiger charge is 2.14. The van der Waals surface area contributed by atoms with E-state index in [1.54, 1.807) is 0 Å². The summed E-state index contributed by atoms with van der Waals surface area (Å²) < 4.78 is 5.72. The minimum atomic E-state index is 0.397. The quantitative estimate of drug-likeness (QED) is 0.824. The lowest BCUT2D eigenvalue weighted by atomic mass is 9.98. The number of phenols is 1. The van der Waals surface area contributed by atoms with Crippen molar-refractivity contribution >= 4 is 0 Å². The molecule has 0 atom stereocenters. The highest BCUT2D eigenvalue weighted by molar-refractivity contribution is 5.56. The summed E-state index contributed by atoms with van der Waals surface area (Å²) in [5.74, 6) is 1.33. The first-order chi connectivity index (χ1) is 7.00. The summed E-state index contributed by atoms with van der Waals surface area (Å²) in [6.07, 6.45) is 0.998. The first kappa shape index (κ1) is 11.9. The lowest BCUT2D eigenvalue weighted by molar-refractivity contribution is 0.311. The Morgan fingerprint density at radius 2 is 1.40 bits per heavy atom. The topological polar surface area (TPSA) is 29.5 Å². The molecule has 2 heteroatoms. The molecule has 1 rings (SSSR count). The fraction of sp³-hybridized carbons (Fsp3) is 0.538. The molecule has 84 valence electrons.